The normalized spacial score (nSPS) is 10.6. The number of halogens is 1. The number of nitrogens with zero attached hydrogens (tertiary/aromatic N) is 4. The lowest BCUT2D eigenvalue weighted by Crippen LogP contribution is -2.09. The third-order valence-corrected chi connectivity index (χ3v) is 3.92. The molecule has 0 saturated carbocycles. The molecule has 0 radical (unpaired) electrons. The SMILES string of the molecule is CCCn1c(CN)nnc1SCc1cc(F)cc(C#N)c1. The van der Waals surface area contributed by atoms with E-state index in [4.69, 9.17) is 11.0 Å². The van der Waals surface area contributed by atoms with Crippen LogP contribution in [0.5, 0.6) is 0 Å². The zero-order valence-corrected chi connectivity index (χ0v) is 12.5. The molecule has 1 heterocycles. The molecule has 2 aromatic rings. The zero-order chi connectivity index (χ0) is 15.2. The van der Waals surface area contributed by atoms with Crippen LogP contribution in [0.4, 0.5) is 4.39 Å². The van der Waals surface area contributed by atoms with Gasteiger partial charge in [0.05, 0.1) is 18.2 Å². The van der Waals surface area contributed by atoms with E-state index in [0.717, 1.165) is 29.5 Å². The summed E-state index contributed by atoms with van der Waals surface area (Å²) >= 11 is 1.46. The minimum atomic E-state index is -0.401. The minimum absolute atomic E-state index is 0.322. The van der Waals surface area contributed by atoms with Crippen LogP contribution in [0, 0.1) is 17.1 Å². The molecule has 1 aromatic carbocycles. The maximum absolute atomic E-state index is 13.4. The van der Waals surface area contributed by atoms with Gasteiger partial charge in [-0.25, -0.2) is 4.39 Å². The van der Waals surface area contributed by atoms with E-state index in [0.29, 0.717) is 17.9 Å². The van der Waals surface area contributed by atoms with Gasteiger partial charge in [0, 0.05) is 12.3 Å². The first kappa shape index (κ1) is 15.5. The second kappa shape index (κ2) is 7.20. The third-order valence-electron chi connectivity index (χ3n) is 2.88. The van der Waals surface area contributed by atoms with Crippen molar-refractivity contribution in [1.29, 1.82) is 5.26 Å². The van der Waals surface area contributed by atoms with Gasteiger partial charge in [-0.05, 0) is 30.2 Å². The van der Waals surface area contributed by atoms with Gasteiger partial charge in [-0.1, -0.05) is 18.7 Å². The van der Waals surface area contributed by atoms with Crippen molar-refractivity contribution in [2.24, 2.45) is 5.73 Å². The molecule has 110 valence electrons. The van der Waals surface area contributed by atoms with Crippen LogP contribution >= 0.6 is 11.8 Å². The molecule has 0 aliphatic rings. The van der Waals surface area contributed by atoms with Crippen LogP contribution in [-0.2, 0) is 18.8 Å². The summed E-state index contributed by atoms with van der Waals surface area (Å²) in [5.41, 5.74) is 6.71. The first-order chi connectivity index (χ1) is 10.2. The van der Waals surface area contributed by atoms with Crippen LogP contribution in [0.3, 0.4) is 0 Å². The van der Waals surface area contributed by atoms with E-state index in [1.165, 1.54) is 23.9 Å². The number of thioether (sulfide) groups is 1. The fraction of sp³-hybridized carbons (Fsp3) is 0.357. The van der Waals surface area contributed by atoms with Gasteiger partial charge in [-0.15, -0.1) is 10.2 Å². The highest BCUT2D eigenvalue weighted by Crippen LogP contribution is 2.23. The second-order valence-corrected chi connectivity index (χ2v) is 5.45. The smallest absolute Gasteiger partial charge is 0.191 e. The van der Waals surface area contributed by atoms with Gasteiger partial charge >= 0.3 is 0 Å². The first-order valence-electron chi connectivity index (χ1n) is 6.62. The van der Waals surface area contributed by atoms with Crippen LogP contribution in [-0.4, -0.2) is 14.8 Å². The van der Waals surface area contributed by atoms with E-state index in [1.54, 1.807) is 6.07 Å². The molecule has 0 atom stereocenters. The lowest BCUT2D eigenvalue weighted by molar-refractivity contribution is 0.592. The van der Waals surface area contributed by atoms with Crippen molar-refractivity contribution in [2.75, 3.05) is 0 Å². The highest BCUT2D eigenvalue weighted by Gasteiger charge is 2.11. The van der Waals surface area contributed by atoms with Gasteiger partial charge in [-0.2, -0.15) is 5.26 Å². The Kier molecular flexibility index (Phi) is 5.31. The Morgan fingerprint density at radius 3 is 2.86 bits per heavy atom. The zero-order valence-electron chi connectivity index (χ0n) is 11.7. The van der Waals surface area contributed by atoms with Crippen LogP contribution in [0.15, 0.2) is 23.4 Å². The van der Waals surface area contributed by atoms with Crippen molar-refractivity contribution in [1.82, 2.24) is 14.8 Å². The molecule has 0 aliphatic heterocycles. The molecule has 21 heavy (non-hydrogen) atoms. The number of benzene rings is 1. The van der Waals surface area contributed by atoms with Crippen molar-refractivity contribution < 1.29 is 4.39 Å². The summed E-state index contributed by atoms with van der Waals surface area (Å²) in [5, 5.41) is 17.8. The van der Waals surface area contributed by atoms with Gasteiger partial charge in [0.1, 0.15) is 11.6 Å². The molecule has 2 rings (SSSR count). The number of hydrogen-bond donors (Lipinski definition) is 1. The van der Waals surface area contributed by atoms with E-state index >= 15 is 0 Å². The lowest BCUT2D eigenvalue weighted by atomic mass is 10.1. The average Bonchev–Trinajstić information content (AvgIpc) is 2.87. The molecular formula is C14H16FN5S. The standard InChI is InChI=1S/C14H16FN5S/c1-2-3-20-13(8-17)18-19-14(20)21-9-11-4-10(7-16)5-12(15)6-11/h4-6H,2-3,8-9,17H2,1H3. The van der Waals surface area contributed by atoms with Crippen LogP contribution in [0.25, 0.3) is 0 Å². The monoisotopic (exact) mass is 305 g/mol. The average molecular weight is 305 g/mol. The van der Waals surface area contributed by atoms with Crippen molar-refractivity contribution >= 4 is 11.8 Å². The molecule has 0 aliphatic carbocycles. The van der Waals surface area contributed by atoms with E-state index in [9.17, 15) is 4.39 Å². The predicted molar refractivity (Wildman–Crippen MR) is 78.9 cm³/mol. The van der Waals surface area contributed by atoms with Crippen molar-refractivity contribution in [3.63, 3.8) is 0 Å². The van der Waals surface area contributed by atoms with Gasteiger partial charge in [0.2, 0.25) is 0 Å². The van der Waals surface area contributed by atoms with E-state index in [2.05, 4.69) is 17.1 Å². The van der Waals surface area contributed by atoms with Crippen LogP contribution in [0.2, 0.25) is 0 Å². The summed E-state index contributed by atoms with van der Waals surface area (Å²) in [6.45, 7) is 3.21. The van der Waals surface area contributed by atoms with E-state index in [-0.39, 0.29) is 0 Å². The Balaban J connectivity index is 2.15. The van der Waals surface area contributed by atoms with Gasteiger partial charge in [-0.3, -0.25) is 0 Å². The Hall–Kier alpha value is -1.91. The van der Waals surface area contributed by atoms with Gasteiger partial charge in [0.25, 0.3) is 0 Å². The summed E-state index contributed by atoms with van der Waals surface area (Å²) < 4.78 is 15.4. The third kappa shape index (κ3) is 3.80. The molecule has 0 spiro atoms. The summed E-state index contributed by atoms with van der Waals surface area (Å²) in [5.74, 6) is 0.873. The number of nitriles is 1. The number of aromatic nitrogens is 3. The van der Waals surface area contributed by atoms with Crippen LogP contribution in [0.1, 0.15) is 30.3 Å². The molecule has 0 amide bonds. The van der Waals surface area contributed by atoms with Gasteiger partial charge < -0.3 is 10.3 Å². The Morgan fingerprint density at radius 2 is 2.19 bits per heavy atom. The molecular weight excluding hydrogens is 289 g/mol. The highest BCUT2D eigenvalue weighted by atomic mass is 32.2. The predicted octanol–water partition coefficient (Wildman–Crippen LogP) is 2.45. The maximum Gasteiger partial charge on any atom is 0.191 e. The van der Waals surface area contributed by atoms with Crippen molar-refractivity contribution in [3.05, 3.63) is 41.0 Å². The number of hydrogen-bond acceptors (Lipinski definition) is 5. The summed E-state index contributed by atoms with van der Waals surface area (Å²) in [6.07, 6.45) is 0.956. The molecule has 0 unspecified atom stereocenters. The molecule has 7 heteroatoms. The second-order valence-electron chi connectivity index (χ2n) is 4.50. The van der Waals surface area contributed by atoms with E-state index in [1.807, 2.05) is 10.6 Å². The van der Waals surface area contributed by atoms with E-state index < -0.39 is 5.82 Å². The van der Waals surface area contributed by atoms with Crippen molar-refractivity contribution in [3.8, 4) is 6.07 Å². The molecule has 2 N–H and O–H groups in total. The molecule has 0 fully saturated rings. The Labute approximate surface area is 127 Å². The molecule has 0 saturated heterocycles. The topological polar surface area (TPSA) is 80.5 Å². The lowest BCUT2D eigenvalue weighted by Gasteiger charge is -2.07. The Morgan fingerprint density at radius 1 is 1.38 bits per heavy atom. The molecule has 1 aromatic heterocycles. The largest absolute Gasteiger partial charge is 0.324 e. The summed E-state index contributed by atoms with van der Waals surface area (Å²) in [4.78, 5) is 0. The fourth-order valence-electron chi connectivity index (χ4n) is 1.97. The maximum atomic E-state index is 13.4. The first-order valence-corrected chi connectivity index (χ1v) is 7.61. The quantitative estimate of drug-likeness (QED) is 0.829. The molecule has 5 nitrogen and oxygen atoms in total. The highest BCUT2D eigenvalue weighted by molar-refractivity contribution is 7.98. The van der Waals surface area contributed by atoms with Gasteiger partial charge in [0.15, 0.2) is 5.16 Å². The minimum Gasteiger partial charge on any atom is -0.324 e. The number of rotatable bonds is 6. The number of nitrogens with two attached hydrogens (primary N) is 1. The molecule has 0 bridgehead atoms. The summed E-state index contributed by atoms with van der Waals surface area (Å²) in [6, 6.07) is 6.28. The Bertz CT molecular complexity index is 662. The summed E-state index contributed by atoms with van der Waals surface area (Å²) in [7, 11) is 0. The fourth-order valence-corrected chi connectivity index (χ4v) is 2.88. The van der Waals surface area contributed by atoms with Crippen molar-refractivity contribution in [2.45, 2.75) is 37.3 Å². The van der Waals surface area contributed by atoms with Crippen LogP contribution < -0.4 is 5.73 Å².